The summed E-state index contributed by atoms with van der Waals surface area (Å²) in [6.07, 6.45) is 2.23. The number of pyridine rings is 1. The first-order chi connectivity index (χ1) is 13.2. The van der Waals surface area contributed by atoms with Gasteiger partial charge in [-0.05, 0) is 36.2 Å². The lowest BCUT2D eigenvalue weighted by Crippen LogP contribution is -2.45. The molecule has 0 radical (unpaired) electrons. The van der Waals surface area contributed by atoms with E-state index >= 15 is 0 Å². The summed E-state index contributed by atoms with van der Waals surface area (Å²) in [6.45, 7) is 1.13. The van der Waals surface area contributed by atoms with Gasteiger partial charge in [0.15, 0.2) is 11.5 Å². The van der Waals surface area contributed by atoms with Crippen LogP contribution in [0.1, 0.15) is 28.0 Å². The summed E-state index contributed by atoms with van der Waals surface area (Å²) in [7, 11) is 0. The Bertz CT molecular complexity index is 936. The van der Waals surface area contributed by atoms with Gasteiger partial charge in [0.05, 0.1) is 12.0 Å². The van der Waals surface area contributed by atoms with E-state index in [2.05, 4.69) is 4.98 Å². The van der Waals surface area contributed by atoms with Crippen molar-refractivity contribution >= 4 is 11.8 Å². The molecule has 2 aliphatic rings. The minimum Gasteiger partial charge on any atom is -0.454 e. The summed E-state index contributed by atoms with van der Waals surface area (Å²) < 4.78 is 10.6. The Morgan fingerprint density at radius 3 is 2.70 bits per heavy atom. The second-order valence-electron chi connectivity index (χ2n) is 6.21. The van der Waals surface area contributed by atoms with Gasteiger partial charge in [-0.25, -0.2) is 9.99 Å². The summed E-state index contributed by atoms with van der Waals surface area (Å²) in [6, 6.07) is 10.3. The van der Waals surface area contributed by atoms with Gasteiger partial charge < -0.3 is 9.47 Å². The van der Waals surface area contributed by atoms with Crippen LogP contribution in [0.3, 0.4) is 0 Å². The van der Waals surface area contributed by atoms with E-state index in [1.807, 2.05) is 12.1 Å². The molecule has 8 heteroatoms. The minimum absolute atomic E-state index is 0.159. The molecule has 1 fully saturated rings. The summed E-state index contributed by atoms with van der Waals surface area (Å²) in [5.74, 6) is 0.820. The van der Waals surface area contributed by atoms with E-state index in [0.717, 1.165) is 5.56 Å². The smallest absolute Gasteiger partial charge is 0.274 e. The van der Waals surface area contributed by atoms with Crippen molar-refractivity contribution in [2.75, 3.05) is 19.9 Å². The molecule has 27 heavy (non-hydrogen) atoms. The zero-order chi connectivity index (χ0) is 18.8. The molecule has 1 aromatic heterocycles. The number of benzene rings is 1. The van der Waals surface area contributed by atoms with Crippen LogP contribution in [-0.4, -0.2) is 46.7 Å². The largest absolute Gasteiger partial charge is 0.454 e. The highest BCUT2D eigenvalue weighted by Crippen LogP contribution is 2.32. The highest BCUT2D eigenvalue weighted by Gasteiger charge is 2.31. The summed E-state index contributed by atoms with van der Waals surface area (Å²) in [5, 5.41) is 11.7. The maximum Gasteiger partial charge on any atom is 0.274 e. The van der Waals surface area contributed by atoms with Crippen molar-refractivity contribution in [1.29, 1.82) is 5.26 Å². The molecule has 0 saturated carbocycles. The number of hydrogen-bond acceptors (Lipinski definition) is 6. The van der Waals surface area contributed by atoms with Crippen molar-refractivity contribution in [3.05, 3.63) is 53.3 Å². The standard InChI is InChI=1S/C19H16N4O4/c20-10-15-4-3-14(11-21-15)19(25)23-7-1-6-22(23)18(24)9-13-2-5-16-17(8-13)27-12-26-16/h2-5,8,11H,1,6-7,9,12H2. The molecule has 2 amide bonds. The van der Waals surface area contributed by atoms with Gasteiger partial charge in [-0.3, -0.25) is 14.6 Å². The summed E-state index contributed by atoms with van der Waals surface area (Å²) >= 11 is 0. The predicted octanol–water partition coefficient (Wildman–Crippen LogP) is 1.51. The van der Waals surface area contributed by atoms with E-state index in [0.29, 0.717) is 36.6 Å². The van der Waals surface area contributed by atoms with E-state index in [1.165, 1.54) is 22.3 Å². The van der Waals surface area contributed by atoms with Crippen LogP contribution in [0.5, 0.6) is 11.5 Å². The molecule has 4 rings (SSSR count). The van der Waals surface area contributed by atoms with E-state index in [-0.39, 0.29) is 30.7 Å². The number of carbonyl (C=O) groups excluding carboxylic acids is 2. The van der Waals surface area contributed by atoms with E-state index in [1.54, 1.807) is 18.2 Å². The first kappa shape index (κ1) is 16.8. The van der Waals surface area contributed by atoms with Crippen LogP contribution in [-0.2, 0) is 11.2 Å². The SMILES string of the molecule is N#Cc1ccc(C(=O)N2CCCN2C(=O)Cc2ccc3c(c2)OCO3)cn1. The maximum atomic E-state index is 12.8. The lowest BCUT2D eigenvalue weighted by molar-refractivity contribution is -0.139. The number of hydrogen-bond donors (Lipinski definition) is 0. The molecule has 0 N–H and O–H groups in total. The molecule has 3 heterocycles. The van der Waals surface area contributed by atoms with Gasteiger partial charge in [0.1, 0.15) is 11.8 Å². The minimum atomic E-state index is -0.302. The predicted molar refractivity (Wildman–Crippen MR) is 92.6 cm³/mol. The first-order valence-corrected chi connectivity index (χ1v) is 8.52. The monoisotopic (exact) mass is 364 g/mol. The number of fused-ring (bicyclic) bond motifs is 1. The highest BCUT2D eigenvalue weighted by atomic mass is 16.7. The molecule has 8 nitrogen and oxygen atoms in total. The molecule has 0 bridgehead atoms. The van der Waals surface area contributed by atoms with Gasteiger partial charge in [0.2, 0.25) is 12.7 Å². The molecule has 0 atom stereocenters. The Morgan fingerprint density at radius 1 is 1.11 bits per heavy atom. The second-order valence-corrected chi connectivity index (χ2v) is 6.21. The molecule has 0 aliphatic carbocycles. The highest BCUT2D eigenvalue weighted by molar-refractivity contribution is 5.95. The normalized spacial score (nSPS) is 14.9. The van der Waals surface area contributed by atoms with E-state index < -0.39 is 0 Å². The third kappa shape index (κ3) is 3.27. The quantitative estimate of drug-likeness (QED) is 0.819. The maximum absolute atomic E-state index is 12.8. The molecular weight excluding hydrogens is 348 g/mol. The molecule has 1 aromatic carbocycles. The number of nitriles is 1. The summed E-state index contributed by atoms with van der Waals surface area (Å²) in [5.41, 5.74) is 1.38. The van der Waals surface area contributed by atoms with Gasteiger partial charge in [0, 0.05) is 19.3 Å². The van der Waals surface area contributed by atoms with Gasteiger partial charge in [-0.15, -0.1) is 0 Å². The fraction of sp³-hybridized carbons (Fsp3) is 0.263. The Morgan fingerprint density at radius 2 is 1.93 bits per heavy atom. The Balaban J connectivity index is 1.47. The van der Waals surface area contributed by atoms with Crippen LogP contribution in [0.4, 0.5) is 0 Å². The molecule has 1 saturated heterocycles. The number of nitrogens with zero attached hydrogens (tertiary/aromatic N) is 4. The number of rotatable bonds is 3. The van der Waals surface area contributed by atoms with Gasteiger partial charge in [0.25, 0.3) is 5.91 Å². The topological polar surface area (TPSA) is 95.8 Å². The van der Waals surface area contributed by atoms with Crippen LogP contribution in [0, 0.1) is 11.3 Å². The van der Waals surface area contributed by atoms with Crippen molar-refractivity contribution < 1.29 is 19.1 Å². The van der Waals surface area contributed by atoms with Gasteiger partial charge in [-0.2, -0.15) is 5.26 Å². The first-order valence-electron chi connectivity index (χ1n) is 8.52. The molecular formula is C19H16N4O4. The number of amides is 2. The number of aromatic nitrogens is 1. The van der Waals surface area contributed by atoms with Crippen molar-refractivity contribution in [2.24, 2.45) is 0 Å². The Labute approximate surface area is 155 Å². The number of carbonyl (C=O) groups is 2. The molecule has 2 aromatic rings. The van der Waals surface area contributed by atoms with Crippen molar-refractivity contribution in [3.63, 3.8) is 0 Å². The van der Waals surface area contributed by atoms with Crippen LogP contribution in [0.2, 0.25) is 0 Å². The lowest BCUT2D eigenvalue weighted by Gasteiger charge is -2.28. The van der Waals surface area contributed by atoms with Crippen LogP contribution in [0.15, 0.2) is 36.5 Å². The zero-order valence-corrected chi connectivity index (χ0v) is 14.4. The summed E-state index contributed by atoms with van der Waals surface area (Å²) in [4.78, 5) is 29.4. The van der Waals surface area contributed by atoms with Crippen LogP contribution >= 0.6 is 0 Å². The van der Waals surface area contributed by atoms with E-state index in [9.17, 15) is 9.59 Å². The average Bonchev–Trinajstić information content (AvgIpc) is 3.36. The Kier molecular flexibility index (Phi) is 4.34. The lowest BCUT2D eigenvalue weighted by atomic mass is 10.1. The van der Waals surface area contributed by atoms with Crippen LogP contribution < -0.4 is 9.47 Å². The number of ether oxygens (including phenoxy) is 2. The molecule has 136 valence electrons. The Hall–Kier alpha value is -3.60. The fourth-order valence-electron chi connectivity index (χ4n) is 3.13. The fourth-order valence-corrected chi connectivity index (χ4v) is 3.13. The molecule has 2 aliphatic heterocycles. The van der Waals surface area contributed by atoms with Crippen molar-refractivity contribution in [2.45, 2.75) is 12.8 Å². The third-order valence-electron chi connectivity index (χ3n) is 4.47. The third-order valence-corrected chi connectivity index (χ3v) is 4.47. The number of hydrazine groups is 1. The molecule has 0 unspecified atom stereocenters. The van der Waals surface area contributed by atoms with Gasteiger partial charge in [-0.1, -0.05) is 6.07 Å². The van der Waals surface area contributed by atoms with E-state index in [4.69, 9.17) is 14.7 Å². The van der Waals surface area contributed by atoms with Gasteiger partial charge >= 0.3 is 0 Å². The second kappa shape index (κ2) is 6.96. The van der Waals surface area contributed by atoms with Crippen molar-refractivity contribution in [3.8, 4) is 17.6 Å². The molecule has 0 spiro atoms. The van der Waals surface area contributed by atoms with Crippen LogP contribution in [0.25, 0.3) is 0 Å². The zero-order valence-electron chi connectivity index (χ0n) is 14.4. The van der Waals surface area contributed by atoms with Crippen molar-refractivity contribution in [1.82, 2.24) is 15.0 Å². The average molecular weight is 364 g/mol.